The molecule has 1 unspecified atom stereocenters. The van der Waals surface area contributed by atoms with Crippen molar-refractivity contribution < 1.29 is 8.42 Å². The SMILES string of the molecule is CCCCCCCCCC(C#N)S(=O)(=O)N(CCCC)CCCC. The van der Waals surface area contributed by atoms with Gasteiger partial charge in [0.1, 0.15) is 0 Å². The number of unbranched alkanes of at least 4 members (excludes halogenated alkanes) is 8. The second-order valence-corrected chi connectivity index (χ2v) is 8.79. The average molecular weight is 359 g/mol. The van der Waals surface area contributed by atoms with Crippen LogP contribution in [0.3, 0.4) is 0 Å². The van der Waals surface area contributed by atoms with Crippen molar-refractivity contribution in [3.05, 3.63) is 0 Å². The van der Waals surface area contributed by atoms with Crippen molar-refractivity contribution in [1.29, 1.82) is 5.26 Å². The van der Waals surface area contributed by atoms with Gasteiger partial charge in [-0.1, -0.05) is 78.6 Å². The zero-order valence-corrected chi connectivity index (χ0v) is 16.9. The number of hydrogen-bond acceptors (Lipinski definition) is 3. The average Bonchev–Trinajstić information content (AvgIpc) is 2.57. The zero-order chi connectivity index (χ0) is 18.3. The molecular formula is C19H38N2O2S. The van der Waals surface area contributed by atoms with E-state index in [-0.39, 0.29) is 0 Å². The minimum Gasteiger partial charge on any atom is -0.211 e. The van der Waals surface area contributed by atoms with Gasteiger partial charge in [-0.3, -0.25) is 0 Å². The van der Waals surface area contributed by atoms with Gasteiger partial charge in [-0.2, -0.15) is 5.26 Å². The van der Waals surface area contributed by atoms with E-state index in [0.29, 0.717) is 19.5 Å². The smallest absolute Gasteiger partial charge is 0.211 e. The summed E-state index contributed by atoms with van der Waals surface area (Å²) >= 11 is 0. The Morgan fingerprint density at radius 1 is 0.792 bits per heavy atom. The van der Waals surface area contributed by atoms with Gasteiger partial charge in [-0.15, -0.1) is 0 Å². The molecule has 0 aromatic heterocycles. The van der Waals surface area contributed by atoms with Crippen LogP contribution >= 0.6 is 0 Å². The summed E-state index contributed by atoms with van der Waals surface area (Å²) in [6.45, 7) is 7.42. The third kappa shape index (κ3) is 9.64. The van der Waals surface area contributed by atoms with E-state index in [1.54, 1.807) is 4.31 Å². The lowest BCUT2D eigenvalue weighted by atomic mass is 10.1. The van der Waals surface area contributed by atoms with Crippen LogP contribution in [0.15, 0.2) is 0 Å². The lowest BCUT2D eigenvalue weighted by Gasteiger charge is -2.24. The summed E-state index contributed by atoms with van der Waals surface area (Å²) < 4.78 is 27.1. The molecule has 142 valence electrons. The molecule has 0 saturated heterocycles. The maximum Gasteiger partial charge on any atom is 0.230 e. The fourth-order valence-electron chi connectivity index (χ4n) is 2.78. The van der Waals surface area contributed by atoms with Crippen molar-refractivity contribution in [3.8, 4) is 6.07 Å². The Hall–Kier alpha value is -0.600. The molecule has 0 rings (SSSR count). The summed E-state index contributed by atoms with van der Waals surface area (Å²) in [6.07, 6.45) is 12.1. The molecule has 24 heavy (non-hydrogen) atoms. The number of sulfonamides is 1. The van der Waals surface area contributed by atoms with Crippen LogP contribution in [-0.4, -0.2) is 31.1 Å². The second kappa shape index (κ2) is 14.7. The van der Waals surface area contributed by atoms with E-state index in [0.717, 1.165) is 44.9 Å². The molecule has 0 aliphatic carbocycles. The topological polar surface area (TPSA) is 61.2 Å². The molecule has 0 saturated carbocycles. The van der Waals surface area contributed by atoms with Crippen LogP contribution in [0, 0.1) is 11.3 Å². The molecular weight excluding hydrogens is 320 g/mol. The van der Waals surface area contributed by atoms with E-state index >= 15 is 0 Å². The third-order valence-corrected chi connectivity index (χ3v) is 6.60. The van der Waals surface area contributed by atoms with E-state index in [9.17, 15) is 13.7 Å². The first-order chi connectivity index (χ1) is 11.5. The predicted molar refractivity (Wildman–Crippen MR) is 102 cm³/mol. The van der Waals surface area contributed by atoms with Crippen LogP contribution in [0.25, 0.3) is 0 Å². The molecule has 4 nitrogen and oxygen atoms in total. The van der Waals surface area contributed by atoms with Crippen molar-refractivity contribution in [3.63, 3.8) is 0 Å². The lowest BCUT2D eigenvalue weighted by Crippen LogP contribution is -2.39. The lowest BCUT2D eigenvalue weighted by molar-refractivity contribution is 0.390. The molecule has 0 aromatic rings. The first-order valence-electron chi connectivity index (χ1n) is 9.93. The monoisotopic (exact) mass is 358 g/mol. The molecule has 0 aromatic carbocycles. The van der Waals surface area contributed by atoms with Gasteiger partial charge >= 0.3 is 0 Å². The van der Waals surface area contributed by atoms with Gasteiger partial charge in [-0.25, -0.2) is 12.7 Å². The van der Waals surface area contributed by atoms with Crippen molar-refractivity contribution in [2.75, 3.05) is 13.1 Å². The quantitative estimate of drug-likeness (QED) is 0.354. The highest BCUT2D eigenvalue weighted by Crippen LogP contribution is 2.18. The van der Waals surface area contributed by atoms with Crippen LogP contribution in [0.1, 0.15) is 97.8 Å². The summed E-state index contributed by atoms with van der Waals surface area (Å²) in [7, 11) is -3.49. The highest BCUT2D eigenvalue weighted by Gasteiger charge is 2.30. The van der Waals surface area contributed by atoms with Gasteiger partial charge in [0.05, 0.1) is 6.07 Å². The summed E-state index contributed by atoms with van der Waals surface area (Å²) in [5, 5.41) is 8.50. The summed E-state index contributed by atoms with van der Waals surface area (Å²) in [6, 6.07) is 2.06. The van der Waals surface area contributed by atoms with E-state index in [1.165, 1.54) is 25.7 Å². The summed E-state index contributed by atoms with van der Waals surface area (Å²) in [5.74, 6) is 0. The third-order valence-electron chi connectivity index (χ3n) is 4.46. The van der Waals surface area contributed by atoms with Crippen molar-refractivity contribution in [2.45, 2.75) is 103 Å². The molecule has 0 bridgehead atoms. The van der Waals surface area contributed by atoms with Gasteiger partial charge in [0.15, 0.2) is 5.25 Å². The number of nitrogens with zero attached hydrogens (tertiary/aromatic N) is 2. The minimum absolute atomic E-state index is 0.474. The molecule has 0 fully saturated rings. The maximum absolute atomic E-state index is 12.8. The van der Waals surface area contributed by atoms with Crippen LogP contribution < -0.4 is 0 Å². The van der Waals surface area contributed by atoms with Gasteiger partial charge in [0.2, 0.25) is 10.0 Å². The molecule has 0 spiro atoms. The fourth-order valence-corrected chi connectivity index (χ4v) is 4.51. The van der Waals surface area contributed by atoms with Gasteiger partial charge < -0.3 is 0 Å². The first kappa shape index (κ1) is 23.4. The van der Waals surface area contributed by atoms with Crippen molar-refractivity contribution in [2.24, 2.45) is 0 Å². The number of hydrogen-bond donors (Lipinski definition) is 0. The maximum atomic E-state index is 12.8. The van der Waals surface area contributed by atoms with Crippen LogP contribution in [0.5, 0.6) is 0 Å². The standard InChI is InChI=1S/C19H38N2O2S/c1-4-7-10-11-12-13-14-15-19(18-20)24(22,23)21(16-8-5-2)17-9-6-3/h19H,4-17H2,1-3H3. The van der Waals surface area contributed by atoms with Crippen LogP contribution in [0.4, 0.5) is 0 Å². The number of nitriles is 1. The minimum atomic E-state index is -3.49. The van der Waals surface area contributed by atoms with Crippen LogP contribution in [0.2, 0.25) is 0 Å². The predicted octanol–water partition coefficient (Wildman–Crippen LogP) is 5.25. The molecule has 0 aliphatic rings. The summed E-state index contributed by atoms with van der Waals surface area (Å²) in [5.41, 5.74) is 0. The fraction of sp³-hybridized carbons (Fsp3) is 0.947. The van der Waals surface area contributed by atoms with E-state index in [4.69, 9.17) is 0 Å². The molecule has 5 heteroatoms. The van der Waals surface area contributed by atoms with Crippen molar-refractivity contribution >= 4 is 10.0 Å². The van der Waals surface area contributed by atoms with E-state index < -0.39 is 15.3 Å². The normalized spacial score (nSPS) is 13.1. The Balaban J connectivity index is 4.47. The summed E-state index contributed by atoms with van der Waals surface area (Å²) in [4.78, 5) is 0. The van der Waals surface area contributed by atoms with E-state index in [2.05, 4.69) is 26.8 Å². The molecule has 0 heterocycles. The Labute approximate surface area is 150 Å². The highest BCUT2D eigenvalue weighted by atomic mass is 32.2. The Morgan fingerprint density at radius 3 is 1.71 bits per heavy atom. The zero-order valence-electron chi connectivity index (χ0n) is 16.1. The Kier molecular flexibility index (Phi) is 14.4. The molecule has 0 radical (unpaired) electrons. The van der Waals surface area contributed by atoms with E-state index in [1.807, 2.05) is 0 Å². The molecule has 0 aliphatic heterocycles. The molecule has 1 atom stereocenters. The highest BCUT2D eigenvalue weighted by molar-refractivity contribution is 7.90. The van der Waals surface area contributed by atoms with Gasteiger partial charge in [-0.05, 0) is 19.3 Å². The number of rotatable bonds is 16. The second-order valence-electron chi connectivity index (χ2n) is 6.68. The Bertz CT molecular complexity index is 421. The van der Waals surface area contributed by atoms with Gasteiger partial charge in [0.25, 0.3) is 0 Å². The Morgan fingerprint density at radius 2 is 1.25 bits per heavy atom. The van der Waals surface area contributed by atoms with Crippen molar-refractivity contribution in [1.82, 2.24) is 4.31 Å². The van der Waals surface area contributed by atoms with Gasteiger partial charge in [0, 0.05) is 13.1 Å². The van der Waals surface area contributed by atoms with Crippen LogP contribution in [-0.2, 0) is 10.0 Å². The molecule has 0 amide bonds. The first-order valence-corrected chi connectivity index (χ1v) is 11.4. The molecule has 0 N–H and O–H groups in total. The largest absolute Gasteiger partial charge is 0.230 e.